The van der Waals surface area contributed by atoms with Crippen LogP contribution in [0.4, 0.5) is 14.5 Å². The first-order valence-corrected chi connectivity index (χ1v) is 9.94. The van der Waals surface area contributed by atoms with Crippen molar-refractivity contribution in [2.45, 2.75) is 57.2 Å². The maximum atomic E-state index is 13.5. The summed E-state index contributed by atoms with van der Waals surface area (Å²) in [6.07, 6.45) is 3.03. The van der Waals surface area contributed by atoms with E-state index in [4.69, 9.17) is 0 Å². The number of carbonyl (C=O) groups excluding carboxylic acids is 1. The molecule has 0 aliphatic carbocycles. The van der Waals surface area contributed by atoms with E-state index in [0.29, 0.717) is 5.56 Å². The van der Waals surface area contributed by atoms with Crippen molar-refractivity contribution in [1.82, 2.24) is 4.90 Å². The van der Waals surface area contributed by atoms with Gasteiger partial charge in [0.15, 0.2) is 0 Å². The van der Waals surface area contributed by atoms with E-state index in [0.717, 1.165) is 31.5 Å². The van der Waals surface area contributed by atoms with Crippen LogP contribution in [0.3, 0.4) is 0 Å². The van der Waals surface area contributed by atoms with Crippen LogP contribution in [0.2, 0.25) is 0 Å². The van der Waals surface area contributed by atoms with Crippen molar-refractivity contribution in [3.63, 3.8) is 0 Å². The first-order chi connectivity index (χ1) is 13.3. The van der Waals surface area contributed by atoms with E-state index in [1.165, 1.54) is 24.3 Å². The molecule has 0 aromatic heterocycles. The Labute approximate surface area is 165 Å². The van der Waals surface area contributed by atoms with Crippen molar-refractivity contribution < 1.29 is 13.6 Å². The standard InChI is InChI=1S/C23H26F2N2O/c1-23(2)15-21-20(27(23)19-10-8-17(24)9-11-19)7-4-12-26(21)22(28)14-16-5-3-6-18(25)13-16/h3,5-6,8-11,13,20-21H,4,7,12,14-15H2,1-2H3/t20-,21-/m0/s1. The summed E-state index contributed by atoms with van der Waals surface area (Å²) in [6, 6.07) is 13.2. The van der Waals surface area contributed by atoms with E-state index in [1.807, 2.05) is 17.0 Å². The number of benzene rings is 2. The van der Waals surface area contributed by atoms with Crippen molar-refractivity contribution in [3.05, 3.63) is 65.7 Å². The molecule has 0 saturated carbocycles. The smallest absolute Gasteiger partial charge is 0.227 e. The van der Waals surface area contributed by atoms with Gasteiger partial charge in [-0.1, -0.05) is 12.1 Å². The summed E-state index contributed by atoms with van der Waals surface area (Å²) in [5.74, 6) is -0.504. The number of amides is 1. The van der Waals surface area contributed by atoms with Gasteiger partial charge in [-0.2, -0.15) is 0 Å². The summed E-state index contributed by atoms with van der Waals surface area (Å²) in [6.45, 7) is 5.11. The molecule has 1 amide bonds. The van der Waals surface area contributed by atoms with Gasteiger partial charge in [0.2, 0.25) is 5.91 Å². The maximum absolute atomic E-state index is 13.5. The molecule has 28 heavy (non-hydrogen) atoms. The van der Waals surface area contributed by atoms with Gasteiger partial charge < -0.3 is 9.80 Å². The van der Waals surface area contributed by atoms with Gasteiger partial charge in [-0.15, -0.1) is 0 Å². The van der Waals surface area contributed by atoms with E-state index < -0.39 is 0 Å². The Hall–Kier alpha value is -2.43. The largest absolute Gasteiger partial charge is 0.361 e. The fraction of sp³-hybridized carbons (Fsp3) is 0.435. The lowest BCUT2D eigenvalue weighted by Crippen LogP contribution is -2.53. The molecule has 0 bridgehead atoms. The van der Waals surface area contributed by atoms with Crippen molar-refractivity contribution in [2.75, 3.05) is 11.4 Å². The van der Waals surface area contributed by atoms with Gasteiger partial charge in [-0.25, -0.2) is 8.78 Å². The summed E-state index contributed by atoms with van der Waals surface area (Å²) >= 11 is 0. The predicted molar refractivity (Wildman–Crippen MR) is 106 cm³/mol. The molecule has 4 rings (SSSR count). The Bertz CT molecular complexity index is 865. The number of carbonyl (C=O) groups is 1. The predicted octanol–water partition coefficient (Wildman–Crippen LogP) is 4.56. The highest BCUT2D eigenvalue weighted by Gasteiger charge is 2.50. The third-order valence-electron chi connectivity index (χ3n) is 6.11. The molecule has 2 aromatic rings. The van der Waals surface area contributed by atoms with Gasteiger partial charge in [-0.3, -0.25) is 4.79 Å². The first kappa shape index (κ1) is 18.9. The van der Waals surface area contributed by atoms with E-state index in [9.17, 15) is 13.6 Å². The lowest BCUT2D eigenvalue weighted by atomic mass is 9.93. The Morgan fingerprint density at radius 1 is 1.07 bits per heavy atom. The fourth-order valence-corrected chi connectivity index (χ4v) is 5.02. The zero-order valence-corrected chi connectivity index (χ0v) is 16.4. The molecular weight excluding hydrogens is 358 g/mol. The highest BCUT2D eigenvalue weighted by molar-refractivity contribution is 5.79. The molecule has 2 atom stereocenters. The van der Waals surface area contributed by atoms with Crippen LogP contribution in [-0.4, -0.2) is 35.0 Å². The fourth-order valence-electron chi connectivity index (χ4n) is 5.02. The molecule has 2 saturated heterocycles. The number of nitrogens with zero attached hydrogens (tertiary/aromatic N) is 2. The molecule has 0 N–H and O–H groups in total. The maximum Gasteiger partial charge on any atom is 0.227 e. The van der Waals surface area contributed by atoms with E-state index >= 15 is 0 Å². The number of hydrogen-bond acceptors (Lipinski definition) is 2. The van der Waals surface area contributed by atoms with Crippen molar-refractivity contribution in [2.24, 2.45) is 0 Å². The Kier molecular flexibility index (Phi) is 4.86. The molecule has 2 aromatic carbocycles. The number of rotatable bonds is 3. The zero-order chi connectivity index (χ0) is 19.9. The quantitative estimate of drug-likeness (QED) is 0.775. The van der Waals surface area contributed by atoms with E-state index in [2.05, 4.69) is 18.7 Å². The van der Waals surface area contributed by atoms with Crippen LogP contribution in [-0.2, 0) is 11.2 Å². The van der Waals surface area contributed by atoms with Gasteiger partial charge in [-0.05, 0) is 75.1 Å². The number of halogens is 2. The number of fused-ring (bicyclic) bond motifs is 1. The highest BCUT2D eigenvalue weighted by atomic mass is 19.1. The third-order valence-corrected chi connectivity index (χ3v) is 6.11. The van der Waals surface area contributed by atoms with Crippen molar-refractivity contribution in [3.8, 4) is 0 Å². The van der Waals surface area contributed by atoms with Crippen LogP contribution >= 0.6 is 0 Å². The second-order valence-corrected chi connectivity index (χ2v) is 8.53. The molecule has 3 nitrogen and oxygen atoms in total. The summed E-state index contributed by atoms with van der Waals surface area (Å²) in [7, 11) is 0. The molecule has 0 unspecified atom stereocenters. The van der Waals surface area contributed by atoms with Gasteiger partial charge >= 0.3 is 0 Å². The Balaban J connectivity index is 1.57. The van der Waals surface area contributed by atoms with Crippen LogP contribution in [0, 0.1) is 11.6 Å². The lowest BCUT2D eigenvalue weighted by molar-refractivity contribution is -0.134. The third kappa shape index (κ3) is 3.50. The van der Waals surface area contributed by atoms with Gasteiger partial charge in [0.05, 0.1) is 18.5 Å². The molecule has 0 radical (unpaired) electrons. The van der Waals surface area contributed by atoms with Crippen LogP contribution in [0.25, 0.3) is 0 Å². The van der Waals surface area contributed by atoms with Gasteiger partial charge in [0.1, 0.15) is 11.6 Å². The minimum Gasteiger partial charge on any atom is -0.361 e. The molecule has 0 spiro atoms. The van der Waals surface area contributed by atoms with Crippen LogP contribution in [0.1, 0.15) is 38.7 Å². The van der Waals surface area contributed by atoms with Gasteiger partial charge in [0, 0.05) is 17.8 Å². The zero-order valence-electron chi connectivity index (χ0n) is 16.4. The molecule has 2 fully saturated rings. The average molecular weight is 384 g/mol. The number of anilines is 1. The summed E-state index contributed by atoms with van der Waals surface area (Å²) in [5, 5.41) is 0. The normalized spacial score (nSPS) is 23.6. The Morgan fingerprint density at radius 3 is 2.54 bits per heavy atom. The minimum atomic E-state index is -0.314. The minimum absolute atomic E-state index is 0.0528. The average Bonchev–Trinajstić information content (AvgIpc) is 2.92. The number of likely N-dealkylation sites (tertiary alicyclic amines) is 1. The van der Waals surface area contributed by atoms with E-state index in [1.54, 1.807) is 12.1 Å². The highest BCUT2D eigenvalue weighted by Crippen LogP contribution is 2.43. The van der Waals surface area contributed by atoms with Crippen LogP contribution in [0.15, 0.2) is 48.5 Å². The number of hydrogen-bond donors (Lipinski definition) is 0. The lowest BCUT2D eigenvalue weighted by Gasteiger charge is -2.42. The summed E-state index contributed by atoms with van der Waals surface area (Å²) in [4.78, 5) is 17.4. The second-order valence-electron chi connectivity index (χ2n) is 8.53. The second kappa shape index (κ2) is 7.19. The monoisotopic (exact) mass is 384 g/mol. The first-order valence-electron chi connectivity index (χ1n) is 9.94. The molecule has 2 aliphatic rings. The molecular formula is C23H26F2N2O. The molecule has 148 valence electrons. The van der Waals surface area contributed by atoms with Crippen LogP contribution < -0.4 is 4.90 Å². The summed E-state index contributed by atoms with van der Waals surface area (Å²) in [5.41, 5.74) is 1.58. The van der Waals surface area contributed by atoms with Gasteiger partial charge in [0.25, 0.3) is 0 Å². The SMILES string of the molecule is CC1(C)C[C@H]2[C@H](CCCN2C(=O)Cc2cccc(F)c2)N1c1ccc(F)cc1. The topological polar surface area (TPSA) is 23.6 Å². The van der Waals surface area contributed by atoms with E-state index in [-0.39, 0.29) is 41.6 Å². The van der Waals surface area contributed by atoms with Crippen LogP contribution in [0.5, 0.6) is 0 Å². The van der Waals surface area contributed by atoms with Crippen molar-refractivity contribution >= 4 is 11.6 Å². The van der Waals surface area contributed by atoms with Crippen molar-refractivity contribution in [1.29, 1.82) is 0 Å². The molecule has 2 heterocycles. The number of piperidine rings is 1. The molecule has 2 aliphatic heterocycles. The Morgan fingerprint density at radius 2 is 1.82 bits per heavy atom. The summed E-state index contributed by atoms with van der Waals surface area (Å²) < 4.78 is 26.9. The molecule has 5 heteroatoms.